The maximum absolute atomic E-state index is 13.7. The summed E-state index contributed by atoms with van der Waals surface area (Å²) in [5, 5.41) is 12.3. The quantitative estimate of drug-likeness (QED) is 0.253. The third kappa shape index (κ3) is 5.48. The van der Waals surface area contributed by atoms with Crippen molar-refractivity contribution in [1.29, 1.82) is 0 Å². The zero-order chi connectivity index (χ0) is 28.2. The molecule has 0 N–H and O–H groups in total. The molecule has 2 aromatic rings. The molecule has 1 aliphatic heterocycles. The van der Waals surface area contributed by atoms with Crippen molar-refractivity contribution >= 4 is 16.0 Å². The van der Waals surface area contributed by atoms with E-state index in [2.05, 4.69) is 13.0 Å². The summed E-state index contributed by atoms with van der Waals surface area (Å²) in [5.74, 6) is -0.462. The van der Waals surface area contributed by atoms with Crippen molar-refractivity contribution in [2.75, 3.05) is 13.1 Å². The molecule has 38 heavy (non-hydrogen) atoms. The highest BCUT2D eigenvalue weighted by molar-refractivity contribution is 7.89. The maximum atomic E-state index is 13.7. The van der Waals surface area contributed by atoms with Gasteiger partial charge in [0, 0.05) is 17.5 Å². The van der Waals surface area contributed by atoms with Gasteiger partial charge < -0.3 is 4.74 Å². The van der Waals surface area contributed by atoms with Gasteiger partial charge in [-0.05, 0) is 101 Å². The van der Waals surface area contributed by atoms with Crippen LogP contribution in [0.25, 0.3) is 0 Å². The van der Waals surface area contributed by atoms with E-state index in [4.69, 9.17) is 4.74 Å². The molecule has 1 saturated heterocycles. The number of nitrogens with zero attached hydrogens (tertiary/aromatic N) is 3. The lowest BCUT2D eigenvalue weighted by Crippen LogP contribution is -2.65. The first kappa shape index (κ1) is 28.2. The summed E-state index contributed by atoms with van der Waals surface area (Å²) in [4.78, 5) is 27.1. The molecule has 0 saturated carbocycles. The Kier molecular flexibility index (Phi) is 7.46. The number of hydrogen-bond acceptors (Lipinski definition) is 7. The molecule has 2 aliphatic rings. The summed E-state index contributed by atoms with van der Waals surface area (Å²) in [6.45, 7) is 12.7. The zero-order valence-corrected chi connectivity index (χ0v) is 24.0. The van der Waals surface area contributed by atoms with E-state index in [0.717, 1.165) is 21.9 Å². The van der Waals surface area contributed by atoms with Gasteiger partial charge in [0.15, 0.2) is 0 Å². The van der Waals surface area contributed by atoms with Crippen LogP contribution in [0.5, 0.6) is 0 Å². The van der Waals surface area contributed by atoms with E-state index in [-0.39, 0.29) is 18.0 Å². The van der Waals surface area contributed by atoms with Gasteiger partial charge in [0.2, 0.25) is 10.0 Å². The summed E-state index contributed by atoms with van der Waals surface area (Å²) in [6.07, 6.45) is -0.315. The molecule has 206 valence electrons. The highest BCUT2D eigenvalue weighted by Gasteiger charge is 2.50. The predicted molar refractivity (Wildman–Crippen MR) is 144 cm³/mol. The van der Waals surface area contributed by atoms with Crippen molar-refractivity contribution in [3.05, 3.63) is 73.8 Å². The average Bonchev–Trinajstić information content (AvgIpc) is 3.58. The van der Waals surface area contributed by atoms with Gasteiger partial charge in [0.25, 0.3) is 6.17 Å². The molecule has 1 aliphatic carbocycles. The van der Waals surface area contributed by atoms with Gasteiger partial charge in [-0.1, -0.05) is 24.3 Å². The van der Waals surface area contributed by atoms with Crippen molar-refractivity contribution in [1.82, 2.24) is 9.21 Å². The number of fused-ring (bicyclic) bond motifs is 1. The van der Waals surface area contributed by atoms with Crippen LogP contribution in [-0.4, -0.2) is 65.5 Å². The fraction of sp³-hybridized carbons (Fsp3) is 0.536. The molecule has 1 unspecified atom stereocenters. The van der Waals surface area contributed by atoms with Crippen molar-refractivity contribution in [3.63, 3.8) is 0 Å². The normalized spacial score (nSPS) is 21.0. The fourth-order valence-corrected chi connectivity index (χ4v) is 7.55. The van der Waals surface area contributed by atoms with E-state index in [1.54, 1.807) is 57.7 Å². The standard InChI is InChI=1S/C28H37N3O6S/c1-17-10-8-9-11-25(17)38(35,36)30-20(4)15-29(16-26(30)31(33)34)24(27(32)37-28(5,6)7)14-22-19(3)12-18(2)21-13-23(21)22/h8-12,20,24,26H,13-16H2,1-7H3/t20-,24-,26?/m0/s1. The average molecular weight is 544 g/mol. The Hall–Kier alpha value is -2.82. The lowest BCUT2D eigenvalue weighted by Gasteiger charge is -2.43. The van der Waals surface area contributed by atoms with Crippen molar-refractivity contribution in [2.24, 2.45) is 0 Å². The molecule has 1 fully saturated rings. The number of carbonyl (C=O) groups is 1. The molecule has 10 heteroatoms. The van der Waals surface area contributed by atoms with Crippen LogP contribution in [0.4, 0.5) is 0 Å². The maximum Gasteiger partial charge on any atom is 0.324 e. The fourth-order valence-electron chi connectivity index (χ4n) is 5.59. The van der Waals surface area contributed by atoms with Crippen LogP contribution in [-0.2, 0) is 32.4 Å². The van der Waals surface area contributed by atoms with Gasteiger partial charge in [0.05, 0.1) is 11.4 Å². The third-order valence-corrected chi connectivity index (χ3v) is 9.55. The van der Waals surface area contributed by atoms with Crippen LogP contribution < -0.4 is 0 Å². The highest BCUT2D eigenvalue weighted by atomic mass is 32.2. The summed E-state index contributed by atoms with van der Waals surface area (Å²) < 4.78 is 34.1. The number of piperazine rings is 1. The Morgan fingerprint density at radius 1 is 1.11 bits per heavy atom. The molecule has 2 aromatic carbocycles. The molecule has 0 spiro atoms. The van der Waals surface area contributed by atoms with Crippen molar-refractivity contribution in [3.8, 4) is 0 Å². The van der Waals surface area contributed by atoms with Crippen LogP contribution in [0.3, 0.4) is 0 Å². The number of rotatable bonds is 7. The summed E-state index contributed by atoms with van der Waals surface area (Å²) >= 11 is 0. The lowest BCUT2D eigenvalue weighted by atomic mass is 9.97. The van der Waals surface area contributed by atoms with Crippen LogP contribution in [0.2, 0.25) is 0 Å². The van der Waals surface area contributed by atoms with Gasteiger partial charge in [-0.15, -0.1) is 4.31 Å². The van der Waals surface area contributed by atoms with E-state index in [9.17, 15) is 23.3 Å². The molecule has 0 amide bonds. The number of ether oxygens (including phenoxy) is 1. The smallest absolute Gasteiger partial charge is 0.324 e. The minimum Gasteiger partial charge on any atom is -0.459 e. The Labute approximate surface area is 225 Å². The molecule has 4 rings (SSSR count). The molecule has 3 atom stereocenters. The number of esters is 1. The topological polar surface area (TPSA) is 110 Å². The predicted octanol–water partition coefficient (Wildman–Crippen LogP) is 3.77. The molecular weight excluding hydrogens is 506 g/mol. The Morgan fingerprint density at radius 3 is 2.37 bits per heavy atom. The van der Waals surface area contributed by atoms with Gasteiger partial charge in [-0.25, -0.2) is 8.42 Å². The van der Waals surface area contributed by atoms with Gasteiger partial charge in [0.1, 0.15) is 11.6 Å². The Balaban J connectivity index is 1.70. The molecule has 0 aromatic heterocycles. The lowest BCUT2D eigenvalue weighted by molar-refractivity contribution is -0.549. The van der Waals surface area contributed by atoms with E-state index in [0.29, 0.717) is 12.0 Å². The first-order valence-electron chi connectivity index (χ1n) is 12.9. The molecule has 0 radical (unpaired) electrons. The summed E-state index contributed by atoms with van der Waals surface area (Å²) in [6, 6.07) is 7.07. The van der Waals surface area contributed by atoms with Crippen LogP contribution in [0.15, 0.2) is 35.2 Å². The monoisotopic (exact) mass is 543 g/mol. The van der Waals surface area contributed by atoms with E-state index in [1.807, 2.05) is 6.92 Å². The zero-order valence-electron chi connectivity index (χ0n) is 23.1. The first-order chi connectivity index (χ1) is 17.6. The minimum absolute atomic E-state index is 0.0502. The SMILES string of the molecule is Cc1ccccc1S(=O)(=O)N1C([N+](=O)[O-])CN([C@@H](Cc2c(C)cc(C)c3c2C3)C(=O)OC(C)(C)C)C[C@@H]1C. The van der Waals surface area contributed by atoms with Crippen molar-refractivity contribution < 1.29 is 22.9 Å². The number of benzene rings is 2. The summed E-state index contributed by atoms with van der Waals surface area (Å²) in [5.41, 5.74) is 5.68. The second-order valence-corrected chi connectivity index (χ2v) is 13.4. The third-order valence-electron chi connectivity index (χ3n) is 7.38. The highest BCUT2D eigenvalue weighted by Crippen LogP contribution is 2.38. The number of aryl methyl sites for hydroxylation is 3. The number of sulfonamides is 1. The van der Waals surface area contributed by atoms with Gasteiger partial charge >= 0.3 is 5.97 Å². The largest absolute Gasteiger partial charge is 0.459 e. The van der Waals surface area contributed by atoms with E-state index >= 15 is 0 Å². The Morgan fingerprint density at radius 2 is 1.76 bits per heavy atom. The number of nitro groups is 1. The van der Waals surface area contributed by atoms with E-state index < -0.39 is 44.8 Å². The minimum atomic E-state index is -4.15. The molecule has 0 bridgehead atoms. The van der Waals surface area contributed by atoms with Gasteiger partial charge in [-0.2, -0.15) is 0 Å². The number of hydrogen-bond donors (Lipinski definition) is 0. The van der Waals surface area contributed by atoms with Crippen LogP contribution >= 0.6 is 0 Å². The molecule has 1 heterocycles. The van der Waals surface area contributed by atoms with Crippen molar-refractivity contribution in [2.45, 2.75) is 90.1 Å². The molecule has 9 nitrogen and oxygen atoms in total. The van der Waals surface area contributed by atoms with E-state index in [1.165, 1.54) is 22.8 Å². The van der Waals surface area contributed by atoms with Gasteiger partial charge in [-0.3, -0.25) is 19.8 Å². The second-order valence-electron chi connectivity index (χ2n) is 11.5. The second kappa shape index (κ2) is 10.1. The van der Waals surface area contributed by atoms with Crippen LogP contribution in [0.1, 0.15) is 61.1 Å². The first-order valence-corrected chi connectivity index (χ1v) is 14.4. The number of carbonyl (C=O) groups excluding carboxylic acids is 1. The van der Waals surface area contributed by atoms with Crippen LogP contribution in [0, 0.1) is 30.9 Å². The Bertz CT molecular complexity index is 1380. The molecular formula is C28H37N3O6S. The summed E-state index contributed by atoms with van der Waals surface area (Å²) in [7, 11) is -4.15.